The summed E-state index contributed by atoms with van der Waals surface area (Å²) in [5.41, 5.74) is 0.784. The fourth-order valence-corrected chi connectivity index (χ4v) is 2.39. The number of nitrogens with zero attached hydrogens (tertiary/aromatic N) is 1. The summed E-state index contributed by atoms with van der Waals surface area (Å²) >= 11 is 3.37. The quantitative estimate of drug-likeness (QED) is 0.464. The first-order chi connectivity index (χ1) is 12.2. The first-order valence-electron chi connectivity index (χ1n) is 8.27. The van der Waals surface area contributed by atoms with Crippen molar-refractivity contribution < 1.29 is 9.21 Å². The van der Waals surface area contributed by atoms with E-state index in [1.165, 1.54) is 0 Å². The molecule has 0 atom stereocenters. The maximum absolute atomic E-state index is 12.0. The smallest absolute Gasteiger partial charge is 0.226 e. The molecule has 0 spiro atoms. The minimum absolute atomic E-state index is 0.0405. The molecule has 0 saturated carbocycles. The topological polar surface area (TPSA) is 78.7 Å². The van der Waals surface area contributed by atoms with Crippen LogP contribution in [0.1, 0.15) is 19.1 Å². The van der Waals surface area contributed by atoms with E-state index in [0.717, 1.165) is 28.9 Å². The minimum atomic E-state index is -0.0405. The number of carbonyl (C=O) groups is 1. The Morgan fingerprint density at radius 1 is 1.20 bits per heavy atom. The van der Waals surface area contributed by atoms with Gasteiger partial charge in [-0.25, -0.2) is 0 Å². The molecular weight excluding hydrogens is 384 g/mol. The molecule has 0 fully saturated rings. The Morgan fingerprint density at radius 3 is 2.68 bits per heavy atom. The zero-order chi connectivity index (χ0) is 17.9. The zero-order valence-corrected chi connectivity index (χ0v) is 15.8. The predicted molar refractivity (Wildman–Crippen MR) is 104 cm³/mol. The van der Waals surface area contributed by atoms with Gasteiger partial charge >= 0.3 is 0 Å². The number of rotatable bonds is 8. The van der Waals surface area contributed by atoms with Gasteiger partial charge in [0.15, 0.2) is 5.96 Å². The SMILES string of the molecule is CCNC(=NCCc1ccco1)NCCC(=O)Nc1ccc(Br)cc1. The summed E-state index contributed by atoms with van der Waals surface area (Å²) in [5, 5.41) is 9.19. The van der Waals surface area contributed by atoms with Gasteiger partial charge < -0.3 is 20.4 Å². The fraction of sp³-hybridized carbons (Fsp3) is 0.333. The van der Waals surface area contributed by atoms with Crippen LogP contribution >= 0.6 is 15.9 Å². The Labute approximate surface area is 156 Å². The van der Waals surface area contributed by atoms with Crippen molar-refractivity contribution in [3.63, 3.8) is 0 Å². The molecule has 0 aliphatic heterocycles. The number of guanidine groups is 1. The fourth-order valence-electron chi connectivity index (χ4n) is 2.13. The number of aliphatic imine (C=N–C) groups is 1. The highest BCUT2D eigenvalue weighted by Gasteiger charge is 2.04. The lowest BCUT2D eigenvalue weighted by molar-refractivity contribution is -0.116. The highest BCUT2D eigenvalue weighted by molar-refractivity contribution is 9.10. The van der Waals surface area contributed by atoms with Gasteiger partial charge in [0.05, 0.1) is 6.26 Å². The third-order valence-corrected chi connectivity index (χ3v) is 3.85. The van der Waals surface area contributed by atoms with Crippen molar-refractivity contribution >= 4 is 33.5 Å². The van der Waals surface area contributed by atoms with Crippen LogP contribution in [0.5, 0.6) is 0 Å². The van der Waals surface area contributed by atoms with Gasteiger partial charge in [0.1, 0.15) is 5.76 Å². The number of amides is 1. The molecule has 0 bridgehead atoms. The number of hydrogen-bond acceptors (Lipinski definition) is 3. The van der Waals surface area contributed by atoms with Crippen LogP contribution in [0.15, 0.2) is 56.5 Å². The number of benzene rings is 1. The Bertz CT molecular complexity index is 669. The third kappa shape index (κ3) is 7.43. The van der Waals surface area contributed by atoms with Crippen LogP contribution in [0.25, 0.3) is 0 Å². The first kappa shape index (κ1) is 19.1. The van der Waals surface area contributed by atoms with Gasteiger partial charge in [-0.05, 0) is 43.3 Å². The van der Waals surface area contributed by atoms with E-state index >= 15 is 0 Å². The summed E-state index contributed by atoms with van der Waals surface area (Å²) in [6.45, 7) is 3.89. The summed E-state index contributed by atoms with van der Waals surface area (Å²) in [5.74, 6) is 1.57. The first-order valence-corrected chi connectivity index (χ1v) is 9.06. The summed E-state index contributed by atoms with van der Waals surface area (Å²) in [6, 6.07) is 11.3. The molecule has 1 heterocycles. The third-order valence-electron chi connectivity index (χ3n) is 3.32. The largest absolute Gasteiger partial charge is 0.469 e. The van der Waals surface area contributed by atoms with Gasteiger partial charge in [-0.3, -0.25) is 9.79 Å². The summed E-state index contributed by atoms with van der Waals surface area (Å²) < 4.78 is 6.27. The Balaban J connectivity index is 1.72. The number of carbonyl (C=O) groups excluding carboxylic acids is 1. The average Bonchev–Trinajstić information content (AvgIpc) is 3.10. The van der Waals surface area contributed by atoms with Crippen LogP contribution < -0.4 is 16.0 Å². The number of halogens is 1. The average molecular weight is 407 g/mol. The van der Waals surface area contributed by atoms with Gasteiger partial charge in [-0.2, -0.15) is 0 Å². The number of furan rings is 1. The molecule has 2 aromatic rings. The number of hydrogen-bond donors (Lipinski definition) is 3. The molecule has 1 aromatic carbocycles. The number of nitrogens with one attached hydrogen (secondary N) is 3. The maximum Gasteiger partial charge on any atom is 0.226 e. The van der Waals surface area contributed by atoms with Crippen molar-refractivity contribution in [3.8, 4) is 0 Å². The van der Waals surface area contributed by atoms with E-state index in [0.29, 0.717) is 25.5 Å². The molecule has 0 aliphatic rings. The zero-order valence-electron chi connectivity index (χ0n) is 14.2. The Hall–Kier alpha value is -2.28. The van der Waals surface area contributed by atoms with E-state index in [1.807, 2.05) is 43.3 Å². The molecule has 0 saturated heterocycles. The second-order valence-corrected chi connectivity index (χ2v) is 6.24. The van der Waals surface area contributed by atoms with Gasteiger partial charge in [-0.15, -0.1) is 0 Å². The molecule has 0 radical (unpaired) electrons. The van der Waals surface area contributed by atoms with Crippen molar-refractivity contribution in [1.29, 1.82) is 0 Å². The minimum Gasteiger partial charge on any atom is -0.469 e. The lowest BCUT2D eigenvalue weighted by Gasteiger charge is -2.11. The van der Waals surface area contributed by atoms with Gasteiger partial charge in [-0.1, -0.05) is 15.9 Å². The summed E-state index contributed by atoms with van der Waals surface area (Å²) in [6.07, 6.45) is 2.76. The van der Waals surface area contributed by atoms with Crippen molar-refractivity contribution in [2.24, 2.45) is 4.99 Å². The molecule has 0 aliphatic carbocycles. The van der Waals surface area contributed by atoms with E-state index in [-0.39, 0.29) is 5.91 Å². The summed E-state index contributed by atoms with van der Waals surface area (Å²) in [4.78, 5) is 16.4. The van der Waals surface area contributed by atoms with Crippen molar-refractivity contribution in [2.75, 3.05) is 25.0 Å². The van der Waals surface area contributed by atoms with E-state index in [4.69, 9.17) is 4.42 Å². The molecule has 25 heavy (non-hydrogen) atoms. The molecule has 7 heteroatoms. The molecule has 1 aromatic heterocycles. The van der Waals surface area contributed by atoms with Crippen LogP contribution in [-0.2, 0) is 11.2 Å². The molecular formula is C18H23BrN4O2. The van der Waals surface area contributed by atoms with Crippen molar-refractivity contribution in [2.45, 2.75) is 19.8 Å². The van der Waals surface area contributed by atoms with Crippen molar-refractivity contribution in [1.82, 2.24) is 10.6 Å². The van der Waals surface area contributed by atoms with Gasteiger partial charge in [0.2, 0.25) is 5.91 Å². The van der Waals surface area contributed by atoms with E-state index in [2.05, 4.69) is 36.9 Å². The Kier molecular flexibility index (Phi) is 8.04. The van der Waals surface area contributed by atoms with Crippen LogP contribution in [-0.4, -0.2) is 31.5 Å². The van der Waals surface area contributed by atoms with Crippen LogP contribution in [0, 0.1) is 0 Å². The van der Waals surface area contributed by atoms with Crippen LogP contribution in [0.2, 0.25) is 0 Å². The van der Waals surface area contributed by atoms with E-state index < -0.39 is 0 Å². The maximum atomic E-state index is 12.0. The van der Waals surface area contributed by atoms with E-state index in [9.17, 15) is 4.79 Å². The molecule has 3 N–H and O–H groups in total. The molecule has 6 nitrogen and oxygen atoms in total. The lowest BCUT2D eigenvalue weighted by atomic mass is 10.3. The van der Waals surface area contributed by atoms with Crippen LogP contribution in [0.4, 0.5) is 5.69 Å². The monoisotopic (exact) mass is 406 g/mol. The van der Waals surface area contributed by atoms with Gasteiger partial charge in [0, 0.05) is 42.6 Å². The predicted octanol–water partition coefficient (Wildman–Crippen LogP) is 3.17. The van der Waals surface area contributed by atoms with Crippen molar-refractivity contribution in [3.05, 3.63) is 52.9 Å². The lowest BCUT2D eigenvalue weighted by Crippen LogP contribution is -2.38. The molecule has 0 unspecified atom stereocenters. The normalized spacial score (nSPS) is 11.2. The summed E-state index contributed by atoms with van der Waals surface area (Å²) in [7, 11) is 0. The van der Waals surface area contributed by atoms with E-state index in [1.54, 1.807) is 6.26 Å². The molecule has 2 rings (SSSR count). The molecule has 134 valence electrons. The number of anilines is 1. The van der Waals surface area contributed by atoms with Crippen LogP contribution in [0.3, 0.4) is 0 Å². The highest BCUT2D eigenvalue weighted by atomic mass is 79.9. The van der Waals surface area contributed by atoms with Gasteiger partial charge in [0.25, 0.3) is 0 Å². The second-order valence-electron chi connectivity index (χ2n) is 5.32. The Morgan fingerprint density at radius 2 is 2.00 bits per heavy atom. The standard InChI is InChI=1S/C18H23BrN4O2/c1-2-20-18(21-11-9-16-4-3-13-25-16)22-12-10-17(24)23-15-7-5-14(19)6-8-15/h3-8,13H,2,9-12H2,1H3,(H,23,24)(H2,20,21,22). The second kappa shape index (κ2) is 10.6. The highest BCUT2D eigenvalue weighted by Crippen LogP contribution is 2.14. The molecule has 1 amide bonds.